The van der Waals surface area contributed by atoms with Crippen LogP contribution in [0.3, 0.4) is 0 Å². The molecule has 1 fully saturated rings. The van der Waals surface area contributed by atoms with Gasteiger partial charge in [-0.05, 0) is 101 Å². The van der Waals surface area contributed by atoms with Crippen molar-refractivity contribution < 1.29 is 0 Å². The summed E-state index contributed by atoms with van der Waals surface area (Å²) < 4.78 is 0. The van der Waals surface area contributed by atoms with E-state index in [0.717, 1.165) is 24.7 Å². The van der Waals surface area contributed by atoms with E-state index >= 15 is 0 Å². The first-order valence-corrected chi connectivity index (χ1v) is 14.0. The second-order valence-corrected chi connectivity index (χ2v) is 12.9. The van der Waals surface area contributed by atoms with E-state index in [0.29, 0.717) is 16.7 Å². The van der Waals surface area contributed by atoms with E-state index in [4.69, 9.17) is 0 Å². The summed E-state index contributed by atoms with van der Waals surface area (Å²) in [4.78, 5) is 0. The summed E-state index contributed by atoms with van der Waals surface area (Å²) in [7, 11) is 0. The smallest absolute Gasteiger partial charge is 0.0281 e. The lowest BCUT2D eigenvalue weighted by molar-refractivity contribution is -0.00899. The zero-order valence-electron chi connectivity index (χ0n) is 22.6. The number of fused-ring (bicyclic) bond motifs is 1. The predicted octanol–water partition coefficient (Wildman–Crippen LogP) is 9.52. The average molecular weight is 465 g/mol. The summed E-state index contributed by atoms with van der Waals surface area (Å²) in [6, 6.07) is 9.52. The van der Waals surface area contributed by atoms with Crippen molar-refractivity contribution in [3.05, 3.63) is 106 Å². The fraction of sp³-hybridized carbons (Fsp3) is 0.486. The molecular weight excluding hydrogens is 420 g/mol. The molecule has 0 aromatic heterocycles. The number of aryl methyl sites for hydroxylation is 1. The molecule has 0 nitrogen and oxygen atoms in total. The number of rotatable bonds is 6. The summed E-state index contributed by atoms with van der Waals surface area (Å²) in [6.45, 7) is 12.4. The SMILES string of the molecule is CC1C(C)(C)CC(CCc2ccc(CC3=CC=C(C4=CCCC=C4)C4C=CC=C34)cc2)CC1(C)C. The molecule has 0 bridgehead atoms. The van der Waals surface area contributed by atoms with Crippen molar-refractivity contribution in [3.63, 3.8) is 0 Å². The van der Waals surface area contributed by atoms with Crippen molar-refractivity contribution in [2.24, 2.45) is 28.6 Å². The maximum absolute atomic E-state index is 2.49. The summed E-state index contributed by atoms with van der Waals surface area (Å²) in [5.41, 5.74) is 9.65. The normalized spacial score (nSPS) is 28.7. The molecule has 1 saturated carbocycles. The molecule has 0 heterocycles. The Hall–Kier alpha value is -2.34. The van der Waals surface area contributed by atoms with Gasteiger partial charge in [-0.15, -0.1) is 0 Å². The van der Waals surface area contributed by atoms with Crippen molar-refractivity contribution >= 4 is 0 Å². The van der Waals surface area contributed by atoms with Crippen molar-refractivity contribution in [1.29, 1.82) is 0 Å². The van der Waals surface area contributed by atoms with Crippen LogP contribution in [0.25, 0.3) is 0 Å². The largest absolute Gasteiger partial charge is 0.0836 e. The minimum Gasteiger partial charge on any atom is -0.0836 e. The molecule has 4 aliphatic rings. The third-order valence-corrected chi connectivity index (χ3v) is 9.65. The fourth-order valence-corrected chi connectivity index (χ4v) is 7.30. The standard InChI is InChI=1S/C35H44/c1-25-34(2,3)23-28(24-35(25,4)5)19-16-26-14-17-27(18-15-26)22-30-20-21-32(29-10-7-6-8-11-29)33-13-9-12-31(30)33/h7,9-15,17-18,20-21,25,28,33H,6,8,16,19,22-24H2,1-5H3. The minimum absolute atomic E-state index is 0.426. The molecule has 4 aliphatic carbocycles. The van der Waals surface area contributed by atoms with Crippen molar-refractivity contribution in [2.45, 2.75) is 79.6 Å². The number of benzene rings is 1. The predicted molar refractivity (Wildman–Crippen MR) is 151 cm³/mol. The van der Waals surface area contributed by atoms with Crippen LogP contribution in [-0.4, -0.2) is 0 Å². The van der Waals surface area contributed by atoms with Gasteiger partial charge in [-0.2, -0.15) is 0 Å². The number of hydrogen-bond donors (Lipinski definition) is 0. The van der Waals surface area contributed by atoms with Crippen LogP contribution in [0.4, 0.5) is 0 Å². The highest BCUT2D eigenvalue weighted by Gasteiger charge is 2.44. The molecule has 1 aromatic rings. The third kappa shape index (κ3) is 5.13. The van der Waals surface area contributed by atoms with Gasteiger partial charge in [0.15, 0.2) is 0 Å². The van der Waals surface area contributed by atoms with E-state index in [2.05, 4.69) is 107 Å². The van der Waals surface area contributed by atoms with Crippen LogP contribution < -0.4 is 0 Å². The van der Waals surface area contributed by atoms with Gasteiger partial charge in [0.1, 0.15) is 0 Å². The zero-order chi connectivity index (χ0) is 24.6. The molecule has 35 heavy (non-hydrogen) atoms. The van der Waals surface area contributed by atoms with Crippen molar-refractivity contribution in [1.82, 2.24) is 0 Å². The lowest BCUT2D eigenvalue weighted by Gasteiger charge is -2.51. The van der Waals surface area contributed by atoms with Crippen molar-refractivity contribution in [3.8, 4) is 0 Å². The molecule has 1 unspecified atom stereocenters. The van der Waals surface area contributed by atoms with E-state index < -0.39 is 0 Å². The third-order valence-electron chi connectivity index (χ3n) is 9.65. The Labute approximate surface area is 214 Å². The molecule has 0 heteroatoms. The Balaban J connectivity index is 1.22. The first-order chi connectivity index (χ1) is 16.7. The molecule has 0 aliphatic heterocycles. The summed E-state index contributed by atoms with van der Waals surface area (Å²) in [5, 5.41) is 0. The Morgan fingerprint density at radius 1 is 0.829 bits per heavy atom. The van der Waals surface area contributed by atoms with E-state index in [-0.39, 0.29) is 0 Å². The van der Waals surface area contributed by atoms with Crippen LogP contribution in [0.2, 0.25) is 0 Å². The average Bonchev–Trinajstić information content (AvgIpc) is 3.33. The van der Waals surface area contributed by atoms with Crippen LogP contribution in [0.1, 0.15) is 77.8 Å². The van der Waals surface area contributed by atoms with Crippen LogP contribution in [-0.2, 0) is 12.8 Å². The Bertz CT molecular complexity index is 1100. The van der Waals surface area contributed by atoms with Gasteiger partial charge >= 0.3 is 0 Å². The van der Waals surface area contributed by atoms with Crippen LogP contribution in [0.15, 0.2) is 95.2 Å². The first kappa shape index (κ1) is 24.4. The second kappa shape index (κ2) is 9.61. The molecule has 0 saturated heterocycles. The van der Waals surface area contributed by atoms with Crippen LogP contribution in [0.5, 0.6) is 0 Å². The first-order valence-electron chi connectivity index (χ1n) is 14.0. The molecule has 1 atom stereocenters. The topological polar surface area (TPSA) is 0 Å². The van der Waals surface area contributed by atoms with Gasteiger partial charge in [-0.25, -0.2) is 0 Å². The molecule has 0 amide bonds. The quantitative estimate of drug-likeness (QED) is 0.393. The number of hydrogen-bond acceptors (Lipinski definition) is 0. The fourth-order valence-electron chi connectivity index (χ4n) is 7.30. The monoisotopic (exact) mass is 464 g/mol. The summed E-state index contributed by atoms with van der Waals surface area (Å²) >= 11 is 0. The van der Waals surface area contributed by atoms with Gasteiger partial charge < -0.3 is 0 Å². The van der Waals surface area contributed by atoms with E-state index in [1.54, 1.807) is 0 Å². The van der Waals surface area contributed by atoms with E-state index in [1.165, 1.54) is 65.5 Å². The summed E-state index contributed by atoms with van der Waals surface area (Å²) in [6.07, 6.45) is 27.4. The van der Waals surface area contributed by atoms with E-state index in [1.807, 2.05) is 0 Å². The summed E-state index contributed by atoms with van der Waals surface area (Å²) in [5.74, 6) is 2.05. The lowest BCUT2D eigenvalue weighted by atomic mass is 9.54. The highest BCUT2D eigenvalue weighted by atomic mass is 14.5. The van der Waals surface area contributed by atoms with Gasteiger partial charge in [-0.3, -0.25) is 0 Å². The highest BCUT2D eigenvalue weighted by Crippen LogP contribution is 2.53. The maximum Gasteiger partial charge on any atom is 0.0281 e. The van der Waals surface area contributed by atoms with Gasteiger partial charge in [0, 0.05) is 5.92 Å². The van der Waals surface area contributed by atoms with Gasteiger partial charge in [0.05, 0.1) is 0 Å². The zero-order valence-corrected chi connectivity index (χ0v) is 22.6. The Kier molecular flexibility index (Phi) is 6.69. The Morgan fingerprint density at radius 3 is 2.23 bits per heavy atom. The van der Waals surface area contributed by atoms with Crippen LogP contribution >= 0.6 is 0 Å². The molecule has 0 radical (unpaired) electrons. The molecule has 184 valence electrons. The van der Waals surface area contributed by atoms with Gasteiger partial charge in [0.25, 0.3) is 0 Å². The minimum atomic E-state index is 0.426. The van der Waals surface area contributed by atoms with Gasteiger partial charge in [0.2, 0.25) is 0 Å². The maximum atomic E-state index is 2.49. The van der Waals surface area contributed by atoms with E-state index in [9.17, 15) is 0 Å². The molecule has 1 aromatic carbocycles. The number of allylic oxidation sites excluding steroid dienone is 12. The molecule has 0 spiro atoms. The Morgan fingerprint density at radius 2 is 1.54 bits per heavy atom. The van der Waals surface area contributed by atoms with Crippen molar-refractivity contribution in [2.75, 3.05) is 0 Å². The molecular formula is C35H44. The second-order valence-electron chi connectivity index (χ2n) is 12.9. The highest BCUT2D eigenvalue weighted by molar-refractivity contribution is 5.60. The molecule has 0 N–H and O–H groups in total. The lowest BCUT2D eigenvalue weighted by Crippen LogP contribution is -2.42. The van der Waals surface area contributed by atoms with Gasteiger partial charge in [-0.1, -0.05) is 107 Å². The van der Waals surface area contributed by atoms with Crippen LogP contribution in [0, 0.1) is 28.6 Å². The molecule has 5 rings (SSSR count).